The van der Waals surface area contributed by atoms with Gasteiger partial charge in [-0.05, 0) is 25.8 Å². The molecule has 1 saturated carbocycles. The number of aryl methyl sites for hydroxylation is 1. The van der Waals surface area contributed by atoms with Gasteiger partial charge in [-0.25, -0.2) is 9.48 Å². The molecule has 0 bridgehead atoms. The van der Waals surface area contributed by atoms with Gasteiger partial charge >= 0.3 is 5.97 Å². The number of hydrogen-bond acceptors (Lipinski definition) is 4. The lowest BCUT2D eigenvalue weighted by Gasteiger charge is -2.22. The maximum Gasteiger partial charge on any atom is 0.341 e. The molecular weight excluding hydrogens is 274 g/mol. The maximum atomic E-state index is 12.0. The fraction of sp³-hybridized carbons (Fsp3) is 0.571. The van der Waals surface area contributed by atoms with Crippen LogP contribution in [0.25, 0.3) is 0 Å². The third-order valence-electron chi connectivity index (χ3n) is 3.59. The highest BCUT2D eigenvalue weighted by Crippen LogP contribution is 2.17. The van der Waals surface area contributed by atoms with Crippen LogP contribution in [0.3, 0.4) is 0 Å². The van der Waals surface area contributed by atoms with Crippen molar-refractivity contribution < 1.29 is 14.7 Å². The average molecular weight is 293 g/mol. The first-order chi connectivity index (χ1) is 9.97. The van der Waals surface area contributed by atoms with E-state index in [1.54, 1.807) is 6.92 Å². The summed E-state index contributed by atoms with van der Waals surface area (Å²) in [5, 5.41) is 15.8. The molecule has 0 atom stereocenters. The van der Waals surface area contributed by atoms with Crippen molar-refractivity contribution in [2.45, 2.75) is 51.6 Å². The van der Waals surface area contributed by atoms with Crippen molar-refractivity contribution in [2.75, 3.05) is 0 Å². The monoisotopic (exact) mass is 293 g/mol. The number of carbonyl (C=O) groups excluding carboxylic acids is 1. The van der Waals surface area contributed by atoms with E-state index in [1.807, 2.05) is 0 Å². The van der Waals surface area contributed by atoms with Crippen LogP contribution in [0.2, 0.25) is 0 Å². The van der Waals surface area contributed by atoms with Crippen molar-refractivity contribution in [1.29, 1.82) is 0 Å². The van der Waals surface area contributed by atoms with Crippen molar-refractivity contribution in [2.24, 2.45) is 0 Å². The first-order valence-corrected chi connectivity index (χ1v) is 7.09. The minimum Gasteiger partial charge on any atom is -0.477 e. The highest BCUT2D eigenvalue weighted by molar-refractivity contribution is 5.87. The van der Waals surface area contributed by atoms with Gasteiger partial charge in [0.2, 0.25) is 5.91 Å². The summed E-state index contributed by atoms with van der Waals surface area (Å²) in [6.07, 6.45) is 5.27. The Labute approximate surface area is 122 Å². The lowest BCUT2D eigenvalue weighted by molar-refractivity contribution is -0.122. The largest absolute Gasteiger partial charge is 0.477 e. The third-order valence-corrected chi connectivity index (χ3v) is 3.59. The topological polar surface area (TPSA) is 101 Å². The van der Waals surface area contributed by atoms with Gasteiger partial charge in [0.25, 0.3) is 5.56 Å². The third kappa shape index (κ3) is 3.90. The molecule has 7 heteroatoms. The van der Waals surface area contributed by atoms with E-state index < -0.39 is 11.5 Å². The number of hydrogen-bond donors (Lipinski definition) is 2. The number of rotatable bonds is 4. The van der Waals surface area contributed by atoms with Crippen molar-refractivity contribution >= 4 is 11.9 Å². The summed E-state index contributed by atoms with van der Waals surface area (Å²) in [6.45, 7) is 1.33. The van der Waals surface area contributed by atoms with Crippen LogP contribution in [0.4, 0.5) is 0 Å². The second kappa shape index (κ2) is 6.51. The van der Waals surface area contributed by atoms with E-state index in [0.717, 1.165) is 30.4 Å². The SMILES string of the molecule is Cc1cc(C(=O)O)c(=O)n(CC(=O)NC2CCCCC2)n1. The molecule has 0 spiro atoms. The number of nitrogens with one attached hydrogen (secondary N) is 1. The molecule has 0 saturated heterocycles. The summed E-state index contributed by atoms with van der Waals surface area (Å²) in [5.41, 5.74) is -0.739. The average Bonchev–Trinajstić information content (AvgIpc) is 2.43. The second-order valence-electron chi connectivity index (χ2n) is 5.37. The summed E-state index contributed by atoms with van der Waals surface area (Å²) in [6, 6.07) is 1.35. The number of carbonyl (C=O) groups is 2. The molecule has 1 fully saturated rings. The zero-order valence-corrected chi connectivity index (χ0v) is 12.0. The quantitative estimate of drug-likeness (QED) is 0.851. The van der Waals surface area contributed by atoms with Gasteiger partial charge < -0.3 is 10.4 Å². The van der Waals surface area contributed by atoms with Crippen molar-refractivity contribution in [3.05, 3.63) is 27.7 Å². The molecule has 1 aliphatic carbocycles. The van der Waals surface area contributed by atoms with Gasteiger partial charge in [0.15, 0.2) is 0 Å². The lowest BCUT2D eigenvalue weighted by Crippen LogP contribution is -2.41. The molecule has 114 valence electrons. The Morgan fingerprint density at radius 3 is 2.67 bits per heavy atom. The predicted octanol–water partition coefficient (Wildman–Crippen LogP) is 0.699. The molecule has 1 aromatic heterocycles. The molecule has 2 N–H and O–H groups in total. The molecule has 2 rings (SSSR count). The molecule has 1 heterocycles. The van der Waals surface area contributed by atoms with Crippen LogP contribution in [0.1, 0.15) is 48.2 Å². The Kier molecular flexibility index (Phi) is 4.72. The fourth-order valence-electron chi connectivity index (χ4n) is 2.59. The lowest BCUT2D eigenvalue weighted by atomic mass is 9.95. The Morgan fingerprint density at radius 2 is 2.05 bits per heavy atom. The zero-order chi connectivity index (χ0) is 15.4. The van der Waals surface area contributed by atoms with Gasteiger partial charge in [-0.15, -0.1) is 0 Å². The Bertz CT molecular complexity index is 603. The summed E-state index contributed by atoms with van der Waals surface area (Å²) >= 11 is 0. The van der Waals surface area contributed by atoms with E-state index in [0.29, 0.717) is 5.69 Å². The summed E-state index contributed by atoms with van der Waals surface area (Å²) in [7, 11) is 0. The molecular formula is C14H19N3O4. The van der Waals surface area contributed by atoms with E-state index in [2.05, 4.69) is 10.4 Å². The van der Waals surface area contributed by atoms with Crippen LogP contribution in [0, 0.1) is 6.92 Å². The second-order valence-corrected chi connectivity index (χ2v) is 5.37. The van der Waals surface area contributed by atoms with Gasteiger partial charge in [0.05, 0.1) is 5.69 Å². The molecule has 1 aliphatic rings. The first-order valence-electron chi connectivity index (χ1n) is 7.09. The van der Waals surface area contributed by atoms with E-state index in [1.165, 1.54) is 12.5 Å². The van der Waals surface area contributed by atoms with Gasteiger partial charge in [-0.1, -0.05) is 19.3 Å². The molecule has 1 amide bonds. The summed E-state index contributed by atoms with van der Waals surface area (Å²) < 4.78 is 0.914. The molecule has 0 aromatic carbocycles. The Morgan fingerprint density at radius 1 is 1.38 bits per heavy atom. The number of aromatic carboxylic acids is 1. The van der Waals surface area contributed by atoms with Gasteiger partial charge in [-0.3, -0.25) is 9.59 Å². The standard InChI is InChI=1S/C14H19N3O4/c1-9-7-11(14(20)21)13(19)17(16-9)8-12(18)15-10-5-3-2-4-6-10/h7,10H,2-6,8H2,1H3,(H,15,18)(H,20,21). The van der Waals surface area contributed by atoms with E-state index in [9.17, 15) is 14.4 Å². The van der Waals surface area contributed by atoms with Crippen LogP contribution in [-0.4, -0.2) is 32.8 Å². The van der Waals surface area contributed by atoms with Crippen LogP contribution >= 0.6 is 0 Å². The van der Waals surface area contributed by atoms with Crippen LogP contribution < -0.4 is 10.9 Å². The van der Waals surface area contributed by atoms with Gasteiger partial charge in [0.1, 0.15) is 12.1 Å². The van der Waals surface area contributed by atoms with Crippen LogP contribution in [0.15, 0.2) is 10.9 Å². The molecule has 21 heavy (non-hydrogen) atoms. The minimum absolute atomic E-state index is 0.144. The van der Waals surface area contributed by atoms with Gasteiger partial charge in [-0.2, -0.15) is 5.10 Å². The number of carboxylic acids is 1. The molecule has 7 nitrogen and oxygen atoms in total. The van der Waals surface area contributed by atoms with Crippen LogP contribution in [0.5, 0.6) is 0 Å². The first kappa shape index (κ1) is 15.2. The molecule has 0 unspecified atom stereocenters. The predicted molar refractivity (Wildman–Crippen MR) is 75.2 cm³/mol. The normalized spacial score (nSPS) is 15.7. The highest BCUT2D eigenvalue weighted by Gasteiger charge is 2.18. The minimum atomic E-state index is -1.31. The fourth-order valence-corrected chi connectivity index (χ4v) is 2.59. The summed E-state index contributed by atoms with van der Waals surface area (Å²) in [5.74, 6) is -1.62. The Balaban J connectivity index is 2.10. The number of nitrogens with zero attached hydrogens (tertiary/aromatic N) is 2. The zero-order valence-electron chi connectivity index (χ0n) is 12.0. The van der Waals surface area contributed by atoms with Crippen LogP contribution in [-0.2, 0) is 11.3 Å². The maximum absolute atomic E-state index is 12.0. The molecule has 1 aromatic rings. The number of aromatic nitrogens is 2. The number of amides is 1. The Hall–Kier alpha value is -2.18. The van der Waals surface area contributed by atoms with Gasteiger partial charge in [0, 0.05) is 6.04 Å². The van der Waals surface area contributed by atoms with Crippen molar-refractivity contribution in [1.82, 2.24) is 15.1 Å². The summed E-state index contributed by atoms with van der Waals surface area (Å²) in [4.78, 5) is 34.9. The number of carboxylic acid groups (broad SMARTS) is 1. The van der Waals surface area contributed by atoms with Crippen molar-refractivity contribution in [3.8, 4) is 0 Å². The van der Waals surface area contributed by atoms with Crippen molar-refractivity contribution in [3.63, 3.8) is 0 Å². The molecule has 0 aliphatic heterocycles. The van der Waals surface area contributed by atoms with E-state index in [4.69, 9.17) is 5.11 Å². The van der Waals surface area contributed by atoms with E-state index in [-0.39, 0.29) is 24.1 Å². The molecule has 0 radical (unpaired) electrons. The highest BCUT2D eigenvalue weighted by atomic mass is 16.4. The smallest absolute Gasteiger partial charge is 0.341 e. The van der Waals surface area contributed by atoms with E-state index >= 15 is 0 Å².